The smallest absolute Gasteiger partial charge is 0.265 e. The van der Waals surface area contributed by atoms with Crippen LogP contribution in [-0.2, 0) is 10.1 Å². The molecule has 1 unspecified atom stereocenters. The number of ether oxygens (including phenoxy) is 1. The van der Waals surface area contributed by atoms with Crippen LogP contribution < -0.4 is 10.1 Å². The van der Waals surface area contributed by atoms with Gasteiger partial charge in [0.1, 0.15) is 11.4 Å². The largest absolute Gasteiger partial charge is 0.479 e. The third-order valence-electron chi connectivity index (χ3n) is 2.25. The van der Waals surface area contributed by atoms with E-state index in [-0.39, 0.29) is 11.6 Å². The third kappa shape index (κ3) is 1.71. The molecule has 1 heterocycles. The van der Waals surface area contributed by atoms with Crippen molar-refractivity contribution in [1.29, 1.82) is 0 Å². The molecule has 0 fully saturated rings. The van der Waals surface area contributed by atoms with Crippen LogP contribution in [0.15, 0.2) is 12.1 Å². The van der Waals surface area contributed by atoms with E-state index in [1.54, 1.807) is 19.1 Å². The molecule has 0 saturated heterocycles. The number of halogens is 2. The highest BCUT2D eigenvalue weighted by Crippen LogP contribution is 2.34. The number of carbonyl (C=O) groups excluding carboxylic acids is 1. The van der Waals surface area contributed by atoms with Gasteiger partial charge in [-0.3, -0.25) is 4.79 Å². The molecule has 0 aromatic heterocycles. The second kappa shape index (κ2) is 3.81. The highest BCUT2D eigenvalue weighted by molar-refractivity contribution is 9.08. The Hall–Kier alpha value is -1.10. The molecule has 1 aliphatic rings. The van der Waals surface area contributed by atoms with Crippen LogP contribution in [0.2, 0.25) is 0 Å². The van der Waals surface area contributed by atoms with E-state index in [9.17, 15) is 9.18 Å². The Bertz CT molecular complexity index is 422. The van der Waals surface area contributed by atoms with E-state index in [1.165, 1.54) is 0 Å². The van der Waals surface area contributed by atoms with Gasteiger partial charge in [-0.15, -0.1) is 0 Å². The lowest BCUT2D eigenvalue weighted by Gasteiger charge is -2.24. The van der Waals surface area contributed by atoms with Crippen LogP contribution in [-0.4, -0.2) is 12.0 Å². The summed E-state index contributed by atoms with van der Waals surface area (Å²) in [5.74, 6) is -0.387. The number of hydrogen-bond donors (Lipinski definition) is 1. The number of amides is 1. The van der Waals surface area contributed by atoms with E-state index in [0.717, 1.165) is 0 Å². The quantitative estimate of drug-likeness (QED) is 0.799. The maximum Gasteiger partial charge on any atom is 0.265 e. The number of nitrogens with one attached hydrogen (secondary N) is 1. The molecular weight excluding hydrogens is 265 g/mol. The van der Waals surface area contributed by atoms with Crippen LogP contribution in [0.3, 0.4) is 0 Å². The van der Waals surface area contributed by atoms with Crippen molar-refractivity contribution in [3.63, 3.8) is 0 Å². The zero-order chi connectivity index (χ0) is 11.0. The van der Waals surface area contributed by atoms with Gasteiger partial charge in [0.05, 0.1) is 0 Å². The molecule has 5 heteroatoms. The number of hydrogen-bond acceptors (Lipinski definition) is 2. The normalized spacial score (nSPS) is 19.1. The minimum absolute atomic E-state index is 0.134. The van der Waals surface area contributed by atoms with Crippen LogP contribution >= 0.6 is 15.9 Å². The first-order valence-corrected chi connectivity index (χ1v) is 5.60. The van der Waals surface area contributed by atoms with Gasteiger partial charge in [-0.05, 0) is 13.0 Å². The lowest BCUT2D eigenvalue weighted by atomic mass is 10.1. The fourth-order valence-electron chi connectivity index (χ4n) is 1.39. The zero-order valence-corrected chi connectivity index (χ0v) is 9.60. The van der Waals surface area contributed by atoms with Gasteiger partial charge in [0.25, 0.3) is 5.91 Å². The number of carbonyl (C=O) groups is 1. The molecule has 0 bridgehead atoms. The molecule has 3 nitrogen and oxygen atoms in total. The van der Waals surface area contributed by atoms with Crippen LogP contribution in [0, 0.1) is 5.82 Å². The summed E-state index contributed by atoms with van der Waals surface area (Å²) < 4.78 is 19.0. The monoisotopic (exact) mass is 273 g/mol. The zero-order valence-electron chi connectivity index (χ0n) is 8.01. The van der Waals surface area contributed by atoms with E-state index in [1.807, 2.05) is 0 Å². The molecule has 1 amide bonds. The first kappa shape index (κ1) is 10.4. The maximum atomic E-state index is 13.7. The van der Waals surface area contributed by atoms with Gasteiger partial charge in [-0.1, -0.05) is 22.0 Å². The lowest BCUT2D eigenvalue weighted by Crippen LogP contribution is -2.35. The van der Waals surface area contributed by atoms with Crippen molar-refractivity contribution in [1.82, 2.24) is 0 Å². The topological polar surface area (TPSA) is 38.3 Å². The standard InChI is InChI=1S/C10H9BrFNO2/c1-5-10(14)13-9-7(15-5)3-2-6(4-11)8(9)12/h2-3,5H,4H2,1H3,(H,13,14). The van der Waals surface area contributed by atoms with E-state index in [0.29, 0.717) is 16.6 Å². The number of benzene rings is 1. The lowest BCUT2D eigenvalue weighted by molar-refractivity contribution is -0.122. The number of anilines is 1. The minimum Gasteiger partial charge on any atom is -0.479 e. The second-order valence-corrected chi connectivity index (χ2v) is 3.86. The minimum atomic E-state index is -0.577. The van der Waals surface area contributed by atoms with Gasteiger partial charge in [-0.25, -0.2) is 4.39 Å². The van der Waals surface area contributed by atoms with Crippen LogP contribution in [0.4, 0.5) is 10.1 Å². The van der Waals surface area contributed by atoms with Gasteiger partial charge in [-0.2, -0.15) is 0 Å². The molecule has 0 spiro atoms. The van der Waals surface area contributed by atoms with Crippen molar-refractivity contribution < 1.29 is 13.9 Å². The summed E-state index contributed by atoms with van der Waals surface area (Å²) in [6, 6.07) is 3.29. The molecule has 0 radical (unpaired) electrons. The number of fused-ring (bicyclic) bond motifs is 1. The molecular formula is C10H9BrFNO2. The van der Waals surface area contributed by atoms with Crippen molar-refractivity contribution in [3.8, 4) is 5.75 Å². The Morgan fingerprint density at radius 2 is 2.33 bits per heavy atom. The van der Waals surface area contributed by atoms with Crippen molar-refractivity contribution in [3.05, 3.63) is 23.5 Å². The second-order valence-electron chi connectivity index (χ2n) is 3.29. The summed E-state index contributed by atoms with van der Waals surface area (Å²) in [5.41, 5.74) is 0.627. The van der Waals surface area contributed by atoms with Crippen molar-refractivity contribution in [2.24, 2.45) is 0 Å². The first-order chi connectivity index (χ1) is 7.13. The molecule has 80 valence electrons. The molecule has 15 heavy (non-hydrogen) atoms. The predicted octanol–water partition coefficient (Wildman–Crippen LogP) is 2.44. The van der Waals surface area contributed by atoms with E-state index in [2.05, 4.69) is 21.2 Å². The van der Waals surface area contributed by atoms with Crippen LogP contribution in [0.1, 0.15) is 12.5 Å². The summed E-state index contributed by atoms with van der Waals surface area (Å²) in [6.45, 7) is 1.62. The molecule has 1 N–H and O–H groups in total. The SMILES string of the molecule is CC1Oc2ccc(CBr)c(F)c2NC1=O. The predicted molar refractivity (Wildman–Crippen MR) is 57.8 cm³/mol. The van der Waals surface area contributed by atoms with E-state index in [4.69, 9.17) is 4.74 Å². The maximum absolute atomic E-state index is 13.7. The average molecular weight is 274 g/mol. The summed E-state index contributed by atoms with van der Waals surface area (Å²) in [6.07, 6.45) is -0.577. The van der Waals surface area contributed by atoms with Crippen LogP contribution in [0.25, 0.3) is 0 Å². The molecule has 1 aromatic rings. The average Bonchev–Trinajstić information content (AvgIpc) is 2.22. The molecule has 2 rings (SSSR count). The summed E-state index contributed by atoms with van der Waals surface area (Å²) in [7, 11) is 0. The molecule has 0 aliphatic carbocycles. The van der Waals surface area contributed by atoms with E-state index >= 15 is 0 Å². The first-order valence-electron chi connectivity index (χ1n) is 4.48. The highest BCUT2D eigenvalue weighted by atomic mass is 79.9. The van der Waals surface area contributed by atoms with Crippen molar-refractivity contribution in [2.75, 3.05) is 5.32 Å². The molecule has 1 atom stereocenters. The fourth-order valence-corrected chi connectivity index (χ4v) is 1.82. The van der Waals surface area contributed by atoms with Gasteiger partial charge in [0, 0.05) is 10.9 Å². The van der Waals surface area contributed by atoms with Gasteiger partial charge < -0.3 is 10.1 Å². The Balaban J connectivity index is 2.49. The van der Waals surface area contributed by atoms with Crippen molar-refractivity contribution in [2.45, 2.75) is 18.4 Å². The van der Waals surface area contributed by atoms with Gasteiger partial charge in [0.2, 0.25) is 0 Å². The fraction of sp³-hybridized carbons (Fsp3) is 0.300. The summed E-state index contributed by atoms with van der Waals surface area (Å²) >= 11 is 3.17. The summed E-state index contributed by atoms with van der Waals surface area (Å²) in [5, 5.41) is 2.89. The Morgan fingerprint density at radius 1 is 1.60 bits per heavy atom. The third-order valence-corrected chi connectivity index (χ3v) is 2.85. The molecule has 1 aromatic carbocycles. The Labute approximate surface area is 94.7 Å². The van der Waals surface area contributed by atoms with Crippen LogP contribution in [0.5, 0.6) is 5.75 Å². The van der Waals surface area contributed by atoms with Gasteiger partial charge in [0.15, 0.2) is 11.9 Å². The Kier molecular flexibility index (Phi) is 2.65. The number of rotatable bonds is 1. The Morgan fingerprint density at radius 3 is 3.00 bits per heavy atom. The van der Waals surface area contributed by atoms with E-state index < -0.39 is 11.9 Å². The molecule has 1 aliphatic heterocycles. The molecule has 0 saturated carbocycles. The summed E-state index contributed by atoms with van der Waals surface area (Å²) in [4.78, 5) is 11.3. The van der Waals surface area contributed by atoms with Gasteiger partial charge >= 0.3 is 0 Å². The van der Waals surface area contributed by atoms with Crippen molar-refractivity contribution >= 4 is 27.5 Å². The highest BCUT2D eigenvalue weighted by Gasteiger charge is 2.26. The number of alkyl halides is 1.